The molecule has 0 radical (unpaired) electrons. The summed E-state index contributed by atoms with van der Waals surface area (Å²) in [4.78, 5) is 107. The number of amides is 8. The van der Waals surface area contributed by atoms with Crippen LogP contribution in [0.4, 0.5) is 34.1 Å². The van der Waals surface area contributed by atoms with Crippen LogP contribution >= 0.6 is 0 Å². The fourth-order valence-electron chi connectivity index (χ4n) is 9.10. The molecule has 0 atom stereocenters. The summed E-state index contributed by atoms with van der Waals surface area (Å²) in [6.07, 6.45) is 18.6. The van der Waals surface area contributed by atoms with E-state index in [0.717, 1.165) is 70.9 Å². The van der Waals surface area contributed by atoms with Crippen LogP contribution in [0.5, 0.6) is 0 Å². The maximum Gasteiger partial charge on any atom is 0.272 e. The zero-order valence-electron chi connectivity index (χ0n) is 46.5. The number of hydrogen-bond donors (Lipinski definition) is 8. The Morgan fingerprint density at radius 3 is 1.00 bits per heavy atom. The van der Waals surface area contributed by atoms with Crippen LogP contribution in [0.3, 0.4) is 0 Å². The molecule has 0 saturated carbocycles. The lowest BCUT2D eigenvalue weighted by Crippen LogP contribution is -2.28. The minimum absolute atomic E-state index is 0.252. The number of aromatic nitrogens is 6. The summed E-state index contributed by atoms with van der Waals surface area (Å²) in [6, 6.07) is 9.57. The Hall–Kier alpha value is -8.64. The molecule has 0 saturated heterocycles. The first kappa shape index (κ1) is 59.6. The van der Waals surface area contributed by atoms with Crippen molar-refractivity contribution in [3.8, 4) is 0 Å². The molecule has 8 N–H and O–H groups in total. The largest absolute Gasteiger partial charge is 0.351 e. The van der Waals surface area contributed by atoms with E-state index in [-0.39, 0.29) is 11.8 Å². The van der Waals surface area contributed by atoms with E-state index in [4.69, 9.17) is 0 Å². The summed E-state index contributed by atoms with van der Waals surface area (Å²) in [5, 5.41) is 22.6. The number of carbonyl (C=O) groups is 8. The second kappa shape index (κ2) is 28.7. The van der Waals surface area contributed by atoms with E-state index in [1.165, 1.54) is 0 Å². The molecule has 6 aromatic heterocycles. The lowest BCUT2D eigenvalue weighted by atomic mass is 10.1. The van der Waals surface area contributed by atoms with Gasteiger partial charge in [-0.2, -0.15) is 0 Å². The maximum atomic E-state index is 13.9. The number of unbranched alkanes of at least 4 members (excludes halogenated alkanes) is 6. The SMILES string of the molecule is CN(C)CCCNC(=O)c1cc(NC(=O)c2cc(NC(=O)c3cc(NC=O)cn3C)cn2CCCCCCCCCn2cc(NC(=O)c3cc(NC=O)cn3C)cc2C(=O)Nc2cc(C(=O)NCCCN(C)C)n(C)c2)cn1C. The molecule has 0 aliphatic heterocycles. The van der Waals surface area contributed by atoms with Gasteiger partial charge in [0.1, 0.15) is 34.2 Å². The molecule has 8 amide bonds. The van der Waals surface area contributed by atoms with Crippen LogP contribution in [0.25, 0.3) is 0 Å². The molecule has 0 fully saturated rings. The Labute approximate surface area is 460 Å². The van der Waals surface area contributed by atoms with Gasteiger partial charge in [-0.3, -0.25) is 38.4 Å². The highest BCUT2D eigenvalue weighted by molar-refractivity contribution is 6.09. The third kappa shape index (κ3) is 17.2. The van der Waals surface area contributed by atoms with E-state index < -0.39 is 23.6 Å². The van der Waals surface area contributed by atoms with Gasteiger partial charge in [-0.1, -0.05) is 32.1 Å². The van der Waals surface area contributed by atoms with Crippen LogP contribution in [0.1, 0.15) is 121 Å². The van der Waals surface area contributed by atoms with E-state index in [1.54, 1.807) is 120 Å². The molecule has 0 aliphatic carbocycles. The number of rotatable bonds is 32. The summed E-state index contributed by atoms with van der Waals surface area (Å²) in [5.74, 6) is -2.20. The topological polar surface area (TPSA) is 269 Å². The highest BCUT2D eigenvalue weighted by Gasteiger charge is 2.22. The second-order valence-corrected chi connectivity index (χ2v) is 20.2. The smallest absolute Gasteiger partial charge is 0.272 e. The number of nitrogens with zero attached hydrogens (tertiary/aromatic N) is 8. The zero-order valence-corrected chi connectivity index (χ0v) is 46.5. The lowest BCUT2D eigenvalue weighted by Gasteiger charge is -2.10. The van der Waals surface area contributed by atoms with Gasteiger partial charge in [-0.05, 0) is 103 Å². The second-order valence-electron chi connectivity index (χ2n) is 20.2. The summed E-state index contributed by atoms with van der Waals surface area (Å²) < 4.78 is 10.1. The van der Waals surface area contributed by atoms with Crippen LogP contribution in [0.2, 0.25) is 0 Å². The van der Waals surface area contributed by atoms with Gasteiger partial charge in [0.2, 0.25) is 12.8 Å². The van der Waals surface area contributed by atoms with Gasteiger partial charge in [0.25, 0.3) is 35.4 Å². The minimum Gasteiger partial charge on any atom is -0.351 e. The van der Waals surface area contributed by atoms with E-state index in [0.29, 0.717) is 107 Å². The molecular formula is C55H76N16O8. The van der Waals surface area contributed by atoms with Gasteiger partial charge in [0.15, 0.2) is 0 Å². The Bertz CT molecular complexity index is 2890. The van der Waals surface area contributed by atoms with Crippen molar-refractivity contribution in [3.05, 3.63) is 108 Å². The molecule has 0 aliphatic rings. The van der Waals surface area contributed by atoms with Gasteiger partial charge >= 0.3 is 0 Å². The van der Waals surface area contributed by atoms with Crippen molar-refractivity contribution in [3.63, 3.8) is 0 Å². The van der Waals surface area contributed by atoms with Crippen molar-refractivity contribution >= 4 is 82.4 Å². The first-order valence-corrected chi connectivity index (χ1v) is 26.4. The summed E-state index contributed by atoms with van der Waals surface area (Å²) in [7, 11) is 14.7. The van der Waals surface area contributed by atoms with Crippen LogP contribution in [0.15, 0.2) is 73.6 Å². The van der Waals surface area contributed by atoms with Crippen molar-refractivity contribution in [2.45, 2.75) is 70.9 Å². The summed E-state index contributed by atoms with van der Waals surface area (Å²) in [5.41, 5.74) is 4.62. The molecule has 6 aromatic rings. The van der Waals surface area contributed by atoms with Crippen molar-refractivity contribution in [2.75, 3.05) is 86.3 Å². The van der Waals surface area contributed by atoms with Crippen molar-refractivity contribution < 1.29 is 38.4 Å². The molecule has 0 spiro atoms. The third-order valence-corrected chi connectivity index (χ3v) is 13.1. The molecule has 424 valence electrons. The van der Waals surface area contributed by atoms with E-state index in [1.807, 2.05) is 47.1 Å². The predicted octanol–water partition coefficient (Wildman–Crippen LogP) is 5.58. The van der Waals surface area contributed by atoms with Crippen LogP contribution in [-0.4, -0.2) is 140 Å². The van der Waals surface area contributed by atoms with E-state index in [2.05, 4.69) is 42.5 Å². The quantitative estimate of drug-likeness (QED) is 0.0192. The minimum atomic E-state index is -0.430. The van der Waals surface area contributed by atoms with Crippen LogP contribution in [0, 0.1) is 0 Å². The van der Waals surface area contributed by atoms with Crippen LogP contribution in [-0.2, 0) is 50.9 Å². The number of aryl methyl sites for hydroxylation is 6. The Kier molecular flexibility index (Phi) is 21.6. The van der Waals surface area contributed by atoms with Crippen molar-refractivity contribution in [2.24, 2.45) is 28.2 Å². The van der Waals surface area contributed by atoms with Crippen molar-refractivity contribution in [1.82, 2.24) is 47.8 Å². The number of hydrogen-bond acceptors (Lipinski definition) is 10. The van der Waals surface area contributed by atoms with Gasteiger partial charge < -0.3 is 79.7 Å². The lowest BCUT2D eigenvalue weighted by molar-refractivity contribution is -0.106. The zero-order chi connectivity index (χ0) is 57.2. The highest BCUT2D eigenvalue weighted by Crippen LogP contribution is 2.24. The Morgan fingerprint density at radius 1 is 0.380 bits per heavy atom. The average Bonchev–Trinajstić information content (AvgIpc) is 4.28. The normalized spacial score (nSPS) is 11.2. The van der Waals surface area contributed by atoms with Crippen molar-refractivity contribution in [1.29, 1.82) is 0 Å². The molecule has 24 nitrogen and oxygen atoms in total. The van der Waals surface area contributed by atoms with E-state index in [9.17, 15) is 38.4 Å². The fraction of sp³-hybridized carbons (Fsp3) is 0.418. The molecule has 0 bridgehead atoms. The molecular weight excluding hydrogens is 1010 g/mol. The molecule has 0 unspecified atom stereocenters. The number of nitrogens with one attached hydrogen (secondary N) is 8. The van der Waals surface area contributed by atoms with Crippen LogP contribution < -0.4 is 42.5 Å². The fourth-order valence-corrected chi connectivity index (χ4v) is 9.10. The summed E-state index contributed by atoms with van der Waals surface area (Å²) in [6.45, 7) is 3.64. The maximum absolute atomic E-state index is 13.9. The Morgan fingerprint density at radius 2 is 0.658 bits per heavy atom. The summed E-state index contributed by atoms with van der Waals surface area (Å²) >= 11 is 0. The number of carbonyl (C=O) groups excluding carboxylic acids is 8. The van der Waals surface area contributed by atoms with E-state index >= 15 is 0 Å². The molecule has 6 rings (SSSR count). The highest BCUT2D eigenvalue weighted by atomic mass is 16.2. The monoisotopic (exact) mass is 1090 g/mol. The van der Waals surface area contributed by atoms with Gasteiger partial charge in [-0.15, -0.1) is 0 Å². The standard InChI is InChI=1S/C55H76N16O8/c1-64(2)20-16-18-56-50(74)44-26-40(32-68(44)7)60-54(78)48-28-42(62-52(76)46-24-38(58-36-72)30-66(46)5)34-70(48)22-14-12-10-9-11-13-15-23-71-35-43(63-53(77)47-25-39(59-37-73)31-67(47)6)29-49(71)55(79)61-41-27-45(69(8)33-41)51(75)57-19-17-21-65(3)4/h24-37H,9-23H2,1-8H3,(H,56,74)(H,57,75)(H,58,72)(H,59,73)(H,60,78)(H,61,79)(H,62,76)(H,63,77). The molecule has 24 heteroatoms. The van der Waals surface area contributed by atoms with Gasteiger partial charge in [0.05, 0.1) is 34.1 Å². The molecule has 6 heterocycles. The third-order valence-electron chi connectivity index (χ3n) is 13.1. The first-order valence-electron chi connectivity index (χ1n) is 26.4. The Balaban J connectivity index is 1.05. The first-order chi connectivity index (χ1) is 37.8. The average molecular weight is 1090 g/mol. The van der Waals surface area contributed by atoms with Gasteiger partial charge in [0, 0.05) is 91.6 Å². The molecule has 0 aromatic carbocycles. The predicted molar refractivity (Wildman–Crippen MR) is 305 cm³/mol. The van der Waals surface area contributed by atoms with Gasteiger partial charge in [-0.25, -0.2) is 0 Å². The molecule has 79 heavy (non-hydrogen) atoms. The number of anilines is 6.